The quantitative estimate of drug-likeness (QED) is 0.527. The second-order valence-electron chi connectivity index (χ2n) is 5.68. The molecule has 1 heterocycles. The van der Waals surface area contributed by atoms with Crippen LogP contribution < -0.4 is 5.32 Å². The van der Waals surface area contributed by atoms with Crippen LogP contribution >= 0.6 is 23.5 Å². The fourth-order valence-electron chi connectivity index (χ4n) is 2.62. The van der Waals surface area contributed by atoms with E-state index in [4.69, 9.17) is 0 Å². The van der Waals surface area contributed by atoms with Crippen LogP contribution in [0, 0.1) is 0 Å². The van der Waals surface area contributed by atoms with E-state index in [0.29, 0.717) is 27.5 Å². The summed E-state index contributed by atoms with van der Waals surface area (Å²) in [5.41, 5.74) is 2.49. The van der Waals surface area contributed by atoms with E-state index in [2.05, 4.69) is 22.4 Å². The van der Waals surface area contributed by atoms with Crippen molar-refractivity contribution in [2.45, 2.75) is 29.2 Å². The van der Waals surface area contributed by atoms with Crippen LogP contribution in [-0.4, -0.2) is 32.2 Å². The summed E-state index contributed by atoms with van der Waals surface area (Å²) < 4.78 is 27.2. The number of hydrogen-bond acceptors (Lipinski definition) is 5. The normalized spacial score (nSPS) is 11.0. The first-order chi connectivity index (χ1) is 13.6. The first-order valence-electron chi connectivity index (χ1n) is 8.53. The summed E-state index contributed by atoms with van der Waals surface area (Å²) in [4.78, 5) is 12.7. The Morgan fingerprint density at radius 2 is 1.93 bits per heavy atom. The first kappa shape index (κ1) is 20.3. The zero-order valence-corrected chi connectivity index (χ0v) is 16.6. The first-order valence-corrected chi connectivity index (χ1v) is 10.4. The molecule has 0 unspecified atom stereocenters. The highest BCUT2D eigenvalue weighted by atomic mass is 32.2. The van der Waals surface area contributed by atoms with Gasteiger partial charge in [-0.15, -0.1) is 10.2 Å². The Kier molecular flexibility index (Phi) is 7.05. The maximum absolute atomic E-state index is 12.7. The summed E-state index contributed by atoms with van der Waals surface area (Å²) in [5, 5.41) is 11.3. The average molecular weight is 421 g/mol. The number of hydrogen-bond donors (Lipinski definition) is 1. The van der Waals surface area contributed by atoms with Gasteiger partial charge in [-0.2, -0.15) is 8.78 Å². The molecule has 0 aliphatic rings. The van der Waals surface area contributed by atoms with Crippen molar-refractivity contribution in [1.82, 2.24) is 14.8 Å². The molecular formula is C19H18F2N4OS2. The Labute approximate surface area is 169 Å². The summed E-state index contributed by atoms with van der Waals surface area (Å²) in [6.07, 6.45) is 2.47. The van der Waals surface area contributed by atoms with E-state index >= 15 is 0 Å². The van der Waals surface area contributed by atoms with Crippen LogP contribution in [0.25, 0.3) is 5.69 Å². The van der Waals surface area contributed by atoms with E-state index in [-0.39, 0.29) is 11.7 Å². The molecule has 9 heteroatoms. The molecule has 1 aromatic heterocycles. The van der Waals surface area contributed by atoms with Gasteiger partial charge < -0.3 is 5.32 Å². The van der Waals surface area contributed by atoms with E-state index in [9.17, 15) is 13.6 Å². The van der Waals surface area contributed by atoms with Gasteiger partial charge in [-0.25, -0.2) is 0 Å². The molecule has 28 heavy (non-hydrogen) atoms. The van der Waals surface area contributed by atoms with Crippen molar-refractivity contribution < 1.29 is 13.6 Å². The number of rotatable bonds is 8. The lowest BCUT2D eigenvalue weighted by Crippen LogP contribution is -2.15. The van der Waals surface area contributed by atoms with Gasteiger partial charge in [0.05, 0.1) is 17.1 Å². The predicted molar refractivity (Wildman–Crippen MR) is 108 cm³/mol. The second-order valence-corrected chi connectivity index (χ2v) is 7.65. The molecule has 3 aromatic rings. The summed E-state index contributed by atoms with van der Waals surface area (Å²) in [7, 11) is 0. The summed E-state index contributed by atoms with van der Waals surface area (Å²) in [6.45, 7) is 2.07. The van der Waals surface area contributed by atoms with Crippen LogP contribution in [0.4, 0.5) is 14.5 Å². The highest BCUT2D eigenvalue weighted by Crippen LogP contribution is 2.32. The molecule has 0 aliphatic carbocycles. The number of nitrogens with one attached hydrogen (secondary N) is 1. The zero-order chi connectivity index (χ0) is 19.9. The number of carbonyl (C=O) groups excluding carboxylic acids is 1. The van der Waals surface area contributed by atoms with Gasteiger partial charge in [0.15, 0.2) is 5.16 Å². The molecule has 0 radical (unpaired) electrons. The van der Waals surface area contributed by atoms with E-state index in [1.54, 1.807) is 30.6 Å². The minimum atomic E-state index is -2.55. The van der Waals surface area contributed by atoms with E-state index < -0.39 is 5.76 Å². The summed E-state index contributed by atoms with van der Waals surface area (Å²) in [5.74, 6) is -2.77. The Balaban J connectivity index is 1.68. The SMILES string of the molecule is CCc1ccccc1-n1cnnc1SCC(=O)Nc1ccccc1SC(F)F. The van der Waals surface area contributed by atoms with Gasteiger partial charge in [0.25, 0.3) is 5.76 Å². The van der Waals surface area contributed by atoms with Crippen molar-refractivity contribution in [2.75, 3.05) is 11.1 Å². The van der Waals surface area contributed by atoms with Crippen LogP contribution in [-0.2, 0) is 11.2 Å². The van der Waals surface area contributed by atoms with Gasteiger partial charge >= 0.3 is 0 Å². The second kappa shape index (κ2) is 9.70. The molecule has 0 fully saturated rings. The highest BCUT2D eigenvalue weighted by molar-refractivity contribution is 8.00. The minimum Gasteiger partial charge on any atom is -0.324 e. The van der Waals surface area contributed by atoms with E-state index in [1.165, 1.54) is 11.8 Å². The Bertz CT molecular complexity index is 949. The van der Waals surface area contributed by atoms with Crippen molar-refractivity contribution >= 4 is 35.1 Å². The molecular weight excluding hydrogens is 402 g/mol. The maximum Gasteiger partial charge on any atom is 0.288 e. The summed E-state index contributed by atoms with van der Waals surface area (Å²) in [6, 6.07) is 14.4. The van der Waals surface area contributed by atoms with Crippen molar-refractivity contribution in [3.8, 4) is 5.69 Å². The number of anilines is 1. The number of halogens is 2. The topological polar surface area (TPSA) is 59.8 Å². The van der Waals surface area contributed by atoms with Gasteiger partial charge in [0.1, 0.15) is 6.33 Å². The van der Waals surface area contributed by atoms with Gasteiger partial charge in [-0.3, -0.25) is 9.36 Å². The molecule has 5 nitrogen and oxygen atoms in total. The van der Waals surface area contributed by atoms with Crippen LogP contribution in [0.15, 0.2) is 64.9 Å². The number of amides is 1. The van der Waals surface area contributed by atoms with Gasteiger partial charge in [0.2, 0.25) is 5.91 Å². The van der Waals surface area contributed by atoms with Crippen molar-refractivity contribution in [1.29, 1.82) is 0 Å². The van der Waals surface area contributed by atoms with Crippen LogP contribution in [0.3, 0.4) is 0 Å². The smallest absolute Gasteiger partial charge is 0.288 e. The average Bonchev–Trinajstić information content (AvgIpc) is 3.16. The minimum absolute atomic E-state index is 0.0840. The molecule has 0 aliphatic heterocycles. The zero-order valence-electron chi connectivity index (χ0n) is 15.0. The predicted octanol–water partition coefficient (Wildman–Crippen LogP) is 4.88. The van der Waals surface area contributed by atoms with E-state index in [1.807, 2.05) is 28.8 Å². The molecule has 1 amide bonds. The van der Waals surface area contributed by atoms with Gasteiger partial charge in [-0.1, -0.05) is 60.8 Å². The molecule has 146 valence electrons. The Morgan fingerprint density at radius 3 is 2.71 bits per heavy atom. The molecule has 0 saturated heterocycles. The molecule has 2 aromatic carbocycles. The fourth-order valence-corrected chi connectivity index (χ4v) is 3.93. The third kappa shape index (κ3) is 5.11. The van der Waals surface area contributed by atoms with Crippen molar-refractivity contribution in [3.63, 3.8) is 0 Å². The molecule has 1 N–H and O–H groups in total. The number of aromatic nitrogens is 3. The van der Waals surface area contributed by atoms with Crippen LogP contribution in [0.2, 0.25) is 0 Å². The Morgan fingerprint density at radius 1 is 1.18 bits per heavy atom. The number of alkyl halides is 2. The Hall–Kier alpha value is -2.39. The van der Waals surface area contributed by atoms with Crippen molar-refractivity contribution in [2.24, 2.45) is 0 Å². The van der Waals surface area contributed by atoms with Crippen LogP contribution in [0.1, 0.15) is 12.5 Å². The lowest BCUT2D eigenvalue weighted by Gasteiger charge is -2.11. The van der Waals surface area contributed by atoms with E-state index in [0.717, 1.165) is 17.7 Å². The third-order valence-corrected chi connectivity index (χ3v) is 5.59. The number of thioether (sulfide) groups is 2. The monoisotopic (exact) mass is 420 g/mol. The molecule has 0 saturated carbocycles. The van der Waals surface area contributed by atoms with Gasteiger partial charge in [0, 0.05) is 4.90 Å². The molecule has 0 spiro atoms. The van der Waals surface area contributed by atoms with Crippen molar-refractivity contribution in [3.05, 3.63) is 60.4 Å². The number of nitrogens with zero attached hydrogens (tertiary/aromatic N) is 3. The maximum atomic E-state index is 12.7. The number of para-hydroxylation sites is 2. The summed E-state index contributed by atoms with van der Waals surface area (Å²) >= 11 is 1.64. The number of benzene rings is 2. The third-order valence-electron chi connectivity index (χ3n) is 3.86. The molecule has 3 rings (SSSR count). The lowest BCUT2D eigenvalue weighted by molar-refractivity contribution is -0.113. The number of aryl methyl sites for hydroxylation is 1. The highest BCUT2D eigenvalue weighted by Gasteiger charge is 2.14. The fraction of sp³-hybridized carbons (Fsp3) is 0.211. The number of carbonyl (C=O) groups is 1. The largest absolute Gasteiger partial charge is 0.324 e. The standard InChI is InChI=1S/C19H18F2N4OS2/c1-2-13-7-3-5-9-15(13)25-12-22-24-19(25)27-11-17(26)23-14-8-4-6-10-16(14)28-18(20)21/h3-10,12,18H,2,11H2,1H3,(H,23,26). The van der Waals surface area contributed by atoms with Crippen LogP contribution in [0.5, 0.6) is 0 Å². The lowest BCUT2D eigenvalue weighted by atomic mass is 10.1. The molecule has 0 bridgehead atoms. The van der Waals surface area contributed by atoms with Gasteiger partial charge in [-0.05, 0) is 30.2 Å². The molecule has 0 atom stereocenters.